The Balaban J connectivity index is 1.92. The molecule has 0 aliphatic carbocycles. The van der Waals surface area contributed by atoms with Crippen LogP contribution in [0.25, 0.3) is 0 Å². The summed E-state index contributed by atoms with van der Waals surface area (Å²) in [7, 11) is 0. The fourth-order valence-electron chi connectivity index (χ4n) is 1.81. The topological polar surface area (TPSA) is 80.3 Å². The fourth-order valence-corrected chi connectivity index (χ4v) is 1.81. The van der Waals surface area contributed by atoms with Gasteiger partial charge in [-0.15, -0.1) is 0 Å². The van der Waals surface area contributed by atoms with Crippen molar-refractivity contribution >= 4 is 11.6 Å². The first-order valence-corrected chi connectivity index (χ1v) is 6.09. The Morgan fingerprint density at radius 2 is 2.05 bits per heavy atom. The molecule has 1 aromatic carbocycles. The van der Waals surface area contributed by atoms with Crippen LogP contribution in [0, 0.1) is 0 Å². The van der Waals surface area contributed by atoms with Gasteiger partial charge in [-0.05, 0) is 43.3 Å². The lowest BCUT2D eigenvalue weighted by molar-refractivity contribution is 0.0939. The Kier molecular flexibility index (Phi) is 4.20. The van der Waals surface area contributed by atoms with Gasteiger partial charge in [0, 0.05) is 23.7 Å². The number of carbonyl (C=O) groups excluding carboxylic acids is 1. The highest BCUT2D eigenvalue weighted by Crippen LogP contribution is 2.09. The van der Waals surface area contributed by atoms with E-state index in [0.717, 1.165) is 11.4 Å². The van der Waals surface area contributed by atoms with Crippen molar-refractivity contribution in [3.05, 3.63) is 54.0 Å². The van der Waals surface area contributed by atoms with Crippen molar-refractivity contribution < 1.29 is 9.21 Å². The van der Waals surface area contributed by atoms with Crippen molar-refractivity contribution in [3.63, 3.8) is 0 Å². The molecule has 100 valence electrons. The highest BCUT2D eigenvalue weighted by Gasteiger charge is 2.11. The molecule has 2 aromatic rings. The maximum absolute atomic E-state index is 12.0. The van der Waals surface area contributed by atoms with Crippen LogP contribution in [-0.2, 0) is 6.42 Å². The third-order valence-corrected chi connectivity index (χ3v) is 2.78. The molecule has 1 aromatic heterocycles. The summed E-state index contributed by atoms with van der Waals surface area (Å²) in [5, 5.41) is 2.92. The number of anilines is 1. The molecule has 0 bridgehead atoms. The smallest absolute Gasteiger partial charge is 0.251 e. The minimum Gasteiger partial charge on any atom is -0.469 e. The SMILES string of the molecule is CC(Cc1ccco1)NC(=O)c1ccc(NN)cc1. The summed E-state index contributed by atoms with van der Waals surface area (Å²) in [6.45, 7) is 1.94. The normalized spacial score (nSPS) is 11.9. The highest BCUT2D eigenvalue weighted by atomic mass is 16.3. The van der Waals surface area contributed by atoms with Gasteiger partial charge >= 0.3 is 0 Å². The molecule has 0 saturated carbocycles. The number of nitrogens with two attached hydrogens (primary N) is 1. The van der Waals surface area contributed by atoms with Crippen molar-refractivity contribution in [1.29, 1.82) is 0 Å². The first kappa shape index (κ1) is 13.2. The zero-order valence-corrected chi connectivity index (χ0v) is 10.7. The lowest BCUT2D eigenvalue weighted by atomic mass is 10.1. The molecule has 0 radical (unpaired) electrons. The molecule has 0 aliphatic heterocycles. The quantitative estimate of drug-likeness (QED) is 0.566. The van der Waals surface area contributed by atoms with Gasteiger partial charge in [-0.1, -0.05) is 0 Å². The van der Waals surface area contributed by atoms with Crippen LogP contribution in [0.2, 0.25) is 0 Å². The average Bonchev–Trinajstić information content (AvgIpc) is 2.91. The molecule has 0 spiro atoms. The van der Waals surface area contributed by atoms with Crippen LogP contribution in [0.15, 0.2) is 47.1 Å². The van der Waals surface area contributed by atoms with Crippen LogP contribution in [0.5, 0.6) is 0 Å². The lowest BCUT2D eigenvalue weighted by Crippen LogP contribution is -2.33. The van der Waals surface area contributed by atoms with E-state index in [-0.39, 0.29) is 11.9 Å². The summed E-state index contributed by atoms with van der Waals surface area (Å²) < 4.78 is 5.25. The monoisotopic (exact) mass is 259 g/mol. The van der Waals surface area contributed by atoms with Gasteiger partial charge in [0.2, 0.25) is 0 Å². The van der Waals surface area contributed by atoms with Gasteiger partial charge in [0.25, 0.3) is 5.91 Å². The van der Waals surface area contributed by atoms with Gasteiger partial charge in [0.15, 0.2) is 0 Å². The maximum atomic E-state index is 12.0. The van der Waals surface area contributed by atoms with Gasteiger partial charge in [-0.25, -0.2) is 0 Å². The van der Waals surface area contributed by atoms with Gasteiger partial charge in [-0.3, -0.25) is 10.6 Å². The standard InChI is InChI=1S/C14H17N3O2/c1-10(9-13-3-2-8-19-13)16-14(18)11-4-6-12(17-15)7-5-11/h2-8,10,17H,9,15H2,1H3,(H,16,18). The molecule has 5 nitrogen and oxygen atoms in total. The van der Waals surface area contributed by atoms with Crippen molar-refractivity contribution in [1.82, 2.24) is 5.32 Å². The van der Waals surface area contributed by atoms with Crippen molar-refractivity contribution in [3.8, 4) is 0 Å². The highest BCUT2D eigenvalue weighted by molar-refractivity contribution is 5.94. The summed E-state index contributed by atoms with van der Waals surface area (Å²) >= 11 is 0. The first-order chi connectivity index (χ1) is 9.19. The largest absolute Gasteiger partial charge is 0.469 e. The van der Waals surface area contributed by atoms with Crippen LogP contribution >= 0.6 is 0 Å². The Hall–Kier alpha value is -2.27. The number of furan rings is 1. The van der Waals surface area contributed by atoms with Crippen LogP contribution in [0.1, 0.15) is 23.0 Å². The molecule has 5 heteroatoms. The minimum absolute atomic E-state index is 0.00552. The number of carbonyl (C=O) groups is 1. The van der Waals surface area contributed by atoms with E-state index < -0.39 is 0 Å². The number of nitrogen functional groups attached to an aromatic ring is 1. The first-order valence-electron chi connectivity index (χ1n) is 6.09. The Labute approximate surface area is 111 Å². The molecule has 0 aliphatic rings. The maximum Gasteiger partial charge on any atom is 0.251 e. The summed E-state index contributed by atoms with van der Waals surface area (Å²) in [5.41, 5.74) is 3.89. The molecule has 1 atom stereocenters. The average molecular weight is 259 g/mol. The van der Waals surface area contributed by atoms with E-state index in [0.29, 0.717) is 12.0 Å². The third kappa shape index (κ3) is 3.59. The van der Waals surface area contributed by atoms with Crippen LogP contribution < -0.4 is 16.6 Å². The summed E-state index contributed by atoms with van der Waals surface area (Å²) in [6.07, 6.45) is 2.30. The van der Waals surface area contributed by atoms with E-state index in [4.69, 9.17) is 10.3 Å². The molecule has 0 fully saturated rings. The Morgan fingerprint density at radius 3 is 2.63 bits per heavy atom. The van der Waals surface area contributed by atoms with Gasteiger partial charge < -0.3 is 15.2 Å². The molecule has 1 heterocycles. The van der Waals surface area contributed by atoms with Crippen molar-refractivity contribution in [2.75, 3.05) is 5.43 Å². The lowest BCUT2D eigenvalue weighted by Gasteiger charge is -2.12. The number of hydrogen-bond acceptors (Lipinski definition) is 4. The predicted molar refractivity (Wildman–Crippen MR) is 73.6 cm³/mol. The van der Waals surface area contributed by atoms with Gasteiger partial charge in [0.1, 0.15) is 5.76 Å². The second kappa shape index (κ2) is 6.06. The van der Waals surface area contributed by atoms with Crippen LogP contribution in [0.4, 0.5) is 5.69 Å². The number of benzene rings is 1. The zero-order chi connectivity index (χ0) is 13.7. The number of amides is 1. The predicted octanol–water partition coefficient (Wildman–Crippen LogP) is 1.93. The number of nitrogens with one attached hydrogen (secondary N) is 2. The van der Waals surface area contributed by atoms with E-state index in [9.17, 15) is 4.79 Å². The molecular weight excluding hydrogens is 242 g/mol. The van der Waals surface area contributed by atoms with Crippen LogP contribution in [-0.4, -0.2) is 11.9 Å². The van der Waals surface area contributed by atoms with Crippen LogP contribution in [0.3, 0.4) is 0 Å². The van der Waals surface area contributed by atoms with E-state index >= 15 is 0 Å². The van der Waals surface area contributed by atoms with E-state index in [1.165, 1.54) is 0 Å². The van der Waals surface area contributed by atoms with E-state index in [1.807, 2.05) is 19.1 Å². The second-order valence-electron chi connectivity index (χ2n) is 4.38. The Bertz CT molecular complexity index is 520. The molecule has 1 amide bonds. The van der Waals surface area contributed by atoms with Crippen molar-refractivity contribution in [2.45, 2.75) is 19.4 Å². The van der Waals surface area contributed by atoms with E-state index in [1.54, 1.807) is 30.5 Å². The number of hydrazine groups is 1. The zero-order valence-electron chi connectivity index (χ0n) is 10.7. The van der Waals surface area contributed by atoms with E-state index in [2.05, 4.69) is 10.7 Å². The summed E-state index contributed by atoms with van der Waals surface area (Å²) in [4.78, 5) is 12.0. The number of rotatable bonds is 5. The molecule has 2 rings (SSSR count). The molecule has 19 heavy (non-hydrogen) atoms. The second-order valence-corrected chi connectivity index (χ2v) is 4.38. The molecule has 4 N–H and O–H groups in total. The molecular formula is C14H17N3O2. The van der Waals surface area contributed by atoms with Crippen molar-refractivity contribution in [2.24, 2.45) is 5.84 Å². The van der Waals surface area contributed by atoms with Gasteiger partial charge in [-0.2, -0.15) is 0 Å². The third-order valence-electron chi connectivity index (χ3n) is 2.78. The Morgan fingerprint density at radius 1 is 1.32 bits per heavy atom. The molecule has 1 unspecified atom stereocenters. The minimum atomic E-state index is -0.109. The summed E-state index contributed by atoms with van der Waals surface area (Å²) in [6, 6.07) is 10.7. The summed E-state index contributed by atoms with van der Waals surface area (Å²) in [5.74, 6) is 6.02. The fraction of sp³-hybridized carbons (Fsp3) is 0.214. The van der Waals surface area contributed by atoms with Gasteiger partial charge in [0.05, 0.1) is 6.26 Å². The number of hydrogen-bond donors (Lipinski definition) is 3. The molecule has 0 saturated heterocycles.